The van der Waals surface area contributed by atoms with Crippen LogP contribution < -0.4 is 27.3 Å². The van der Waals surface area contributed by atoms with Crippen LogP contribution in [0.2, 0.25) is 0 Å². The SMILES string of the molecule is Bc1c(B)c(B)c(-c2c3ccccc3c(-c3ccc(-c4cc5cc(-c6cccc7oc8ccccc8c67)ccc5c5ccccc45)cc3)c3ccccc23)c(B)c1B. The summed E-state index contributed by atoms with van der Waals surface area (Å²) in [5.74, 6) is 0. The van der Waals surface area contributed by atoms with Crippen LogP contribution in [0.1, 0.15) is 0 Å². The van der Waals surface area contributed by atoms with E-state index in [-0.39, 0.29) is 0 Å². The van der Waals surface area contributed by atoms with Crippen LogP contribution in [0.25, 0.3) is 110 Å². The number of fused-ring (bicyclic) bond motifs is 8. The molecule has 266 valence electrons. The molecule has 0 amide bonds. The van der Waals surface area contributed by atoms with Crippen LogP contribution >= 0.6 is 0 Å². The fourth-order valence-electron chi connectivity index (χ4n) is 9.94. The third kappa shape index (κ3) is 5.11. The Bertz CT molecular complexity index is 3420. The van der Waals surface area contributed by atoms with Gasteiger partial charge in [0.2, 0.25) is 0 Å². The molecule has 0 unspecified atom stereocenters. The number of benzene rings is 10. The second-order valence-corrected chi connectivity index (χ2v) is 16.1. The molecule has 1 nitrogen and oxygen atoms in total. The molecule has 1 aromatic heterocycles. The predicted molar refractivity (Wildman–Crippen MR) is 266 cm³/mol. The zero-order valence-corrected chi connectivity index (χ0v) is 33.5. The molecule has 10 aromatic carbocycles. The molecule has 0 radical (unpaired) electrons. The minimum atomic E-state index is 0.916. The highest BCUT2D eigenvalue weighted by molar-refractivity contribution is 6.69. The molecule has 0 aliphatic carbocycles. The molecule has 0 saturated heterocycles. The average Bonchev–Trinajstić information content (AvgIpc) is 3.66. The van der Waals surface area contributed by atoms with E-state index in [1.807, 2.05) is 6.07 Å². The topological polar surface area (TPSA) is 13.1 Å². The van der Waals surface area contributed by atoms with Gasteiger partial charge in [0, 0.05) is 10.8 Å². The van der Waals surface area contributed by atoms with Crippen molar-refractivity contribution in [1.82, 2.24) is 0 Å². The van der Waals surface area contributed by atoms with E-state index in [0.717, 1.165) is 21.9 Å². The van der Waals surface area contributed by atoms with Crippen molar-refractivity contribution in [3.8, 4) is 44.5 Å². The molecular formula is C52H37B5O. The van der Waals surface area contributed by atoms with Crippen molar-refractivity contribution < 1.29 is 4.42 Å². The van der Waals surface area contributed by atoms with E-state index in [1.165, 1.54) is 115 Å². The third-order valence-electron chi connectivity index (χ3n) is 13.2. The molecule has 0 atom stereocenters. The maximum atomic E-state index is 6.27. The summed E-state index contributed by atoms with van der Waals surface area (Å²) in [5, 5.41) is 12.5. The molecule has 0 saturated carbocycles. The minimum absolute atomic E-state index is 0.916. The first-order valence-electron chi connectivity index (χ1n) is 20.3. The summed E-state index contributed by atoms with van der Waals surface area (Å²) in [6, 6.07) is 60.2. The lowest BCUT2D eigenvalue weighted by Gasteiger charge is -2.24. The van der Waals surface area contributed by atoms with Gasteiger partial charge >= 0.3 is 0 Å². The van der Waals surface area contributed by atoms with Gasteiger partial charge in [-0.05, 0) is 112 Å². The Hall–Kier alpha value is -6.64. The zero-order valence-electron chi connectivity index (χ0n) is 33.5. The molecule has 0 aliphatic heterocycles. The summed E-state index contributed by atoms with van der Waals surface area (Å²) in [6.07, 6.45) is 0. The molecule has 11 aromatic rings. The summed E-state index contributed by atoms with van der Waals surface area (Å²) in [7, 11) is 11.4. The Morgan fingerprint density at radius 3 is 1.45 bits per heavy atom. The first-order chi connectivity index (χ1) is 28.4. The van der Waals surface area contributed by atoms with Crippen molar-refractivity contribution in [2.75, 3.05) is 0 Å². The van der Waals surface area contributed by atoms with Gasteiger partial charge < -0.3 is 4.42 Å². The van der Waals surface area contributed by atoms with E-state index in [9.17, 15) is 0 Å². The molecular weight excluding hydrogens is 695 g/mol. The number of hydrogen-bond acceptors (Lipinski definition) is 1. The van der Waals surface area contributed by atoms with E-state index in [4.69, 9.17) is 4.42 Å². The minimum Gasteiger partial charge on any atom is -0.456 e. The molecule has 0 spiro atoms. The Balaban J connectivity index is 1.09. The van der Waals surface area contributed by atoms with Crippen LogP contribution in [-0.2, 0) is 0 Å². The van der Waals surface area contributed by atoms with Gasteiger partial charge in [-0.15, -0.1) is 16.4 Å². The van der Waals surface area contributed by atoms with Crippen molar-refractivity contribution in [1.29, 1.82) is 0 Å². The van der Waals surface area contributed by atoms with Gasteiger partial charge in [-0.2, -0.15) is 0 Å². The Kier molecular flexibility index (Phi) is 7.88. The summed E-state index contributed by atoms with van der Waals surface area (Å²) in [6.45, 7) is 0. The van der Waals surface area contributed by atoms with Crippen molar-refractivity contribution in [3.05, 3.63) is 164 Å². The standard InChI is InChI=1S/C52H37B5O/c53-48-47(49(54)51(56)52(57)50(48)55)46-38-14-5-3-12-36(38)44(37-13-4-6-15-39(37)46)29-22-20-28(21-23-29)41-27-31-26-30(24-25-32(31)34-10-1-2-11-35(34)41)33-17-9-19-43-45(33)40-16-7-8-18-42(40)58-43/h1-27H,53-57H2. The first kappa shape index (κ1) is 34.6. The maximum Gasteiger partial charge on any atom is 0.139 e. The molecule has 0 aliphatic rings. The van der Waals surface area contributed by atoms with Crippen LogP contribution in [0.15, 0.2) is 168 Å². The van der Waals surface area contributed by atoms with E-state index in [2.05, 4.69) is 197 Å². The zero-order chi connectivity index (χ0) is 39.2. The van der Waals surface area contributed by atoms with Crippen LogP contribution in [-0.4, -0.2) is 39.2 Å². The lowest BCUT2D eigenvalue weighted by atomic mass is 9.59. The lowest BCUT2D eigenvalue weighted by Crippen LogP contribution is -2.55. The largest absolute Gasteiger partial charge is 0.456 e. The van der Waals surface area contributed by atoms with E-state index in [0.29, 0.717) is 0 Å². The molecule has 0 N–H and O–H groups in total. The quantitative estimate of drug-likeness (QED) is 0.120. The smallest absolute Gasteiger partial charge is 0.139 e. The second-order valence-electron chi connectivity index (χ2n) is 16.1. The van der Waals surface area contributed by atoms with Gasteiger partial charge in [0.25, 0.3) is 0 Å². The fourth-order valence-corrected chi connectivity index (χ4v) is 9.94. The Morgan fingerprint density at radius 1 is 0.293 bits per heavy atom. The van der Waals surface area contributed by atoms with Crippen LogP contribution in [0, 0.1) is 0 Å². The van der Waals surface area contributed by atoms with Crippen molar-refractivity contribution in [2.24, 2.45) is 0 Å². The molecule has 11 rings (SSSR count). The fraction of sp³-hybridized carbons (Fsp3) is 0. The number of rotatable bonds is 4. The van der Waals surface area contributed by atoms with Crippen LogP contribution in [0.3, 0.4) is 0 Å². The Morgan fingerprint density at radius 2 is 0.793 bits per heavy atom. The Labute approximate surface area is 342 Å². The maximum absolute atomic E-state index is 6.27. The molecule has 58 heavy (non-hydrogen) atoms. The monoisotopic (exact) mass is 732 g/mol. The van der Waals surface area contributed by atoms with Gasteiger partial charge in [0.1, 0.15) is 50.4 Å². The highest BCUT2D eigenvalue weighted by atomic mass is 16.3. The van der Waals surface area contributed by atoms with Gasteiger partial charge in [0.15, 0.2) is 0 Å². The molecule has 6 heteroatoms. The van der Waals surface area contributed by atoms with E-state index in [1.54, 1.807) is 0 Å². The number of para-hydroxylation sites is 1. The van der Waals surface area contributed by atoms with E-state index < -0.39 is 0 Å². The second kappa shape index (κ2) is 13.2. The van der Waals surface area contributed by atoms with Gasteiger partial charge in [-0.1, -0.05) is 150 Å². The van der Waals surface area contributed by atoms with Crippen molar-refractivity contribution >= 4 is 132 Å². The predicted octanol–water partition coefficient (Wildman–Crippen LogP) is 6.16. The van der Waals surface area contributed by atoms with Crippen molar-refractivity contribution in [2.45, 2.75) is 0 Å². The molecule has 1 heterocycles. The highest BCUT2D eigenvalue weighted by Crippen LogP contribution is 2.44. The van der Waals surface area contributed by atoms with Gasteiger partial charge in [-0.3, -0.25) is 0 Å². The van der Waals surface area contributed by atoms with E-state index >= 15 is 0 Å². The van der Waals surface area contributed by atoms with Crippen LogP contribution in [0.5, 0.6) is 0 Å². The van der Waals surface area contributed by atoms with Crippen LogP contribution in [0.4, 0.5) is 0 Å². The number of furan rings is 1. The van der Waals surface area contributed by atoms with Gasteiger partial charge in [0.05, 0.1) is 0 Å². The lowest BCUT2D eigenvalue weighted by molar-refractivity contribution is 0.669. The highest BCUT2D eigenvalue weighted by Gasteiger charge is 2.21. The number of hydrogen-bond donors (Lipinski definition) is 0. The summed E-state index contributed by atoms with van der Waals surface area (Å²) < 4.78 is 6.27. The summed E-state index contributed by atoms with van der Waals surface area (Å²) in [4.78, 5) is 0. The average molecular weight is 732 g/mol. The van der Waals surface area contributed by atoms with Crippen molar-refractivity contribution in [3.63, 3.8) is 0 Å². The normalized spacial score (nSPS) is 11.8. The molecule has 0 fully saturated rings. The first-order valence-corrected chi connectivity index (χ1v) is 20.3. The molecule has 0 bridgehead atoms. The third-order valence-corrected chi connectivity index (χ3v) is 13.2. The van der Waals surface area contributed by atoms with Gasteiger partial charge in [-0.25, -0.2) is 0 Å². The summed E-state index contributed by atoms with van der Waals surface area (Å²) >= 11 is 0. The summed E-state index contributed by atoms with van der Waals surface area (Å²) in [5.41, 5.74) is 18.8.